The molecule has 0 aliphatic rings. The molecule has 0 saturated heterocycles. The van der Waals surface area contributed by atoms with Crippen molar-refractivity contribution in [1.29, 1.82) is 5.26 Å². The van der Waals surface area contributed by atoms with Gasteiger partial charge in [0.2, 0.25) is 0 Å². The van der Waals surface area contributed by atoms with Gasteiger partial charge in [0.15, 0.2) is 0 Å². The van der Waals surface area contributed by atoms with E-state index < -0.39 is 0 Å². The lowest BCUT2D eigenvalue weighted by molar-refractivity contribution is 0.819. The zero-order chi connectivity index (χ0) is 17.9. The second kappa shape index (κ2) is 6.75. The lowest BCUT2D eigenvalue weighted by atomic mass is 10.1. The number of thiophene rings is 1. The maximum Gasteiger partial charge on any atom is 0.283 e. The van der Waals surface area contributed by atoms with Gasteiger partial charge in [-0.3, -0.25) is 4.79 Å². The monoisotopic (exact) mass is 356 g/mol. The maximum absolute atomic E-state index is 12.9. The normalized spacial score (nSPS) is 11.0. The molecular weight excluding hydrogens is 344 g/mol. The zero-order valence-electron chi connectivity index (χ0n) is 13.5. The summed E-state index contributed by atoms with van der Waals surface area (Å²) in [5.74, 6) is 0. The molecule has 2 aromatic heterocycles. The molecule has 0 saturated carbocycles. The van der Waals surface area contributed by atoms with Gasteiger partial charge in [0.1, 0.15) is 11.2 Å². The predicted molar refractivity (Wildman–Crippen MR) is 103 cm³/mol. The van der Waals surface area contributed by atoms with Crippen LogP contribution in [0, 0.1) is 11.3 Å². The van der Waals surface area contributed by atoms with Crippen molar-refractivity contribution in [1.82, 2.24) is 9.66 Å². The van der Waals surface area contributed by atoms with E-state index in [1.54, 1.807) is 30.5 Å². The van der Waals surface area contributed by atoms with Crippen molar-refractivity contribution >= 4 is 27.8 Å². The average Bonchev–Trinajstić information content (AvgIpc) is 3.13. The van der Waals surface area contributed by atoms with Crippen LogP contribution in [0.25, 0.3) is 21.3 Å². The predicted octanol–water partition coefficient (Wildman–Crippen LogP) is 3.88. The average molecular weight is 356 g/mol. The first kappa shape index (κ1) is 15.9. The van der Waals surface area contributed by atoms with Gasteiger partial charge in [0, 0.05) is 10.9 Å². The van der Waals surface area contributed by atoms with E-state index in [1.807, 2.05) is 35.7 Å². The topological polar surface area (TPSA) is 71.0 Å². The molecule has 0 spiro atoms. The molecule has 0 aliphatic carbocycles. The summed E-state index contributed by atoms with van der Waals surface area (Å²) in [7, 11) is 0. The highest BCUT2D eigenvalue weighted by atomic mass is 32.1. The standard InChI is InChI=1S/C20H12N4OS/c21-10-14-6-8-15(9-7-14)11-23-24-13-22-19-18(20(24)25)17(12-26-19)16-4-2-1-3-5-16/h1-9,11-13H/b23-11+. The fourth-order valence-corrected chi connectivity index (χ4v) is 3.52. The van der Waals surface area contributed by atoms with Crippen molar-refractivity contribution in [3.63, 3.8) is 0 Å². The summed E-state index contributed by atoms with van der Waals surface area (Å²) in [6.45, 7) is 0. The second-order valence-electron chi connectivity index (χ2n) is 5.57. The van der Waals surface area contributed by atoms with Crippen LogP contribution >= 0.6 is 11.3 Å². The molecule has 6 heteroatoms. The first-order valence-electron chi connectivity index (χ1n) is 7.85. The third kappa shape index (κ3) is 2.92. The summed E-state index contributed by atoms with van der Waals surface area (Å²) in [4.78, 5) is 17.9. The SMILES string of the molecule is N#Cc1ccc(/C=N/n2cnc3scc(-c4ccccc4)c3c2=O)cc1. The molecule has 0 bridgehead atoms. The number of aromatic nitrogens is 2. The van der Waals surface area contributed by atoms with Crippen molar-refractivity contribution in [3.05, 3.63) is 87.8 Å². The maximum atomic E-state index is 12.9. The van der Waals surface area contributed by atoms with Crippen molar-refractivity contribution < 1.29 is 0 Å². The zero-order valence-corrected chi connectivity index (χ0v) is 14.4. The minimum atomic E-state index is -0.208. The van der Waals surface area contributed by atoms with E-state index in [1.165, 1.54) is 22.3 Å². The highest BCUT2D eigenvalue weighted by molar-refractivity contribution is 7.17. The summed E-state index contributed by atoms with van der Waals surface area (Å²) in [6.07, 6.45) is 3.00. The molecule has 124 valence electrons. The summed E-state index contributed by atoms with van der Waals surface area (Å²) in [6, 6.07) is 18.8. The van der Waals surface area contributed by atoms with Gasteiger partial charge in [0.25, 0.3) is 5.56 Å². The lowest BCUT2D eigenvalue weighted by Crippen LogP contribution is -2.16. The largest absolute Gasteiger partial charge is 0.283 e. The molecule has 0 amide bonds. The van der Waals surface area contributed by atoms with Gasteiger partial charge in [0.05, 0.1) is 23.2 Å². The third-order valence-corrected chi connectivity index (χ3v) is 4.82. The highest BCUT2D eigenvalue weighted by Gasteiger charge is 2.12. The number of nitrogens with zero attached hydrogens (tertiary/aromatic N) is 4. The van der Waals surface area contributed by atoms with Crippen molar-refractivity contribution in [2.75, 3.05) is 0 Å². The summed E-state index contributed by atoms with van der Waals surface area (Å²) < 4.78 is 1.24. The van der Waals surface area contributed by atoms with Gasteiger partial charge < -0.3 is 0 Å². The van der Waals surface area contributed by atoms with Gasteiger partial charge >= 0.3 is 0 Å². The van der Waals surface area contributed by atoms with Crippen LogP contribution in [-0.4, -0.2) is 15.9 Å². The molecular formula is C20H12N4OS. The van der Waals surface area contributed by atoms with E-state index in [0.29, 0.717) is 15.8 Å². The van der Waals surface area contributed by atoms with E-state index in [4.69, 9.17) is 5.26 Å². The van der Waals surface area contributed by atoms with Crippen LogP contribution in [0.2, 0.25) is 0 Å². The molecule has 2 heterocycles. The quantitative estimate of drug-likeness (QED) is 0.523. The summed E-state index contributed by atoms with van der Waals surface area (Å²) >= 11 is 1.44. The molecule has 0 radical (unpaired) electrons. The molecule has 0 fully saturated rings. The fourth-order valence-electron chi connectivity index (χ4n) is 2.61. The molecule has 4 aromatic rings. The number of rotatable bonds is 3. The highest BCUT2D eigenvalue weighted by Crippen LogP contribution is 2.30. The van der Waals surface area contributed by atoms with Gasteiger partial charge in [-0.15, -0.1) is 11.3 Å². The van der Waals surface area contributed by atoms with Crippen LogP contribution in [0.4, 0.5) is 0 Å². The van der Waals surface area contributed by atoms with Gasteiger partial charge in [-0.1, -0.05) is 42.5 Å². The Hall–Kier alpha value is -3.56. The van der Waals surface area contributed by atoms with Gasteiger partial charge in [-0.25, -0.2) is 4.98 Å². The molecule has 0 atom stereocenters. The molecule has 0 unspecified atom stereocenters. The Morgan fingerprint density at radius 3 is 2.62 bits per heavy atom. The van der Waals surface area contributed by atoms with Gasteiger partial charge in [-0.2, -0.15) is 15.0 Å². The van der Waals surface area contributed by atoms with E-state index in [2.05, 4.69) is 16.2 Å². The van der Waals surface area contributed by atoms with E-state index in [-0.39, 0.29) is 5.56 Å². The van der Waals surface area contributed by atoms with Crippen LogP contribution in [0.1, 0.15) is 11.1 Å². The Labute approximate surface area is 153 Å². The van der Waals surface area contributed by atoms with E-state index >= 15 is 0 Å². The van der Waals surface area contributed by atoms with Crippen molar-refractivity contribution in [2.45, 2.75) is 0 Å². The lowest BCUT2D eigenvalue weighted by Gasteiger charge is -2.01. The van der Waals surface area contributed by atoms with Crippen LogP contribution in [0.15, 0.2) is 76.2 Å². The Morgan fingerprint density at radius 1 is 1.12 bits per heavy atom. The van der Waals surface area contributed by atoms with E-state index in [0.717, 1.165) is 16.7 Å². The van der Waals surface area contributed by atoms with Crippen LogP contribution in [0.3, 0.4) is 0 Å². The minimum absolute atomic E-state index is 0.208. The summed E-state index contributed by atoms with van der Waals surface area (Å²) in [5.41, 5.74) is 3.01. The molecule has 5 nitrogen and oxygen atoms in total. The fraction of sp³-hybridized carbons (Fsp3) is 0. The summed E-state index contributed by atoms with van der Waals surface area (Å²) in [5, 5.41) is 15.6. The van der Waals surface area contributed by atoms with Crippen LogP contribution in [-0.2, 0) is 0 Å². The smallest absolute Gasteiger partial charge is 0.267 e. The molecule has 4 rings (SSSR count). The van der Waals surface area contributed by atoms with Crippen molar-refractivity contribution in [2.24, 2.45) is 5.10 Å². The first-order valence-corrected chi connectivity index (χ1v) is 8.73. The Morgan fingerprint density at radius 2 is 1.88 bits per heavy atom. The molecule has 26 heavy (non-hydrogen) atoms. The minimum Gasteiger partial charge on any atom is -0.267 e. The number of hydrogen-bond donors (Lipinski definition) is 0. The van der Waals surface area contributed by atoms with Crippen LogP contribution in [0.5, 0.6) is 0 Å². The first-order chi connectivity index (χ1) is 12.8. The van der Waals surface area contributed by atoms with Crippen LogP contribution < -0.4 is 5.56 Å². The number of nitriles is 1. The number of benzene rings is 2. The Balaban J connectivity index is 1.77. The molecule has 0 N–H and O–H groups in total. The van der Waals surface area contributed by atoms with Gasteiger partial charge in [-0.05, 0) is 23.3 Å². The number of fused-ring (bicyclic) bond motifs is 1. The second-order valence-corrected chi connectivity index (χ2v) is 6.43. The Bertz CT molecular complexity index is 1200. The number of hydrogen-bond acceptors (Lipinski definition) is 5. The molecule has 0 aliphatic heterocycles. The molecule has 2 aromatic carbocycles. The Kier molecular flexibility index (Phi) is 4.14. The third-order valence-electron chi connectivity index (χ3n) is 3.93. The van der Waals surface area contributed by atoms with Crippen molar-refractivity contribution in [3.8, 4) is 17.2 Å². The van der Waals surface area contributed by atoms with E-state index in [9.17, 15) is 4.79 Å².